The Morgan fingerprint density at radius 3 is 2.29 bits per heavy atom. The number of carbonyl (C=O) groups is 1. The SMILES string of the molecule is C=C(CCC(C)(O)C1CCC2(C)C1C(OC1OCC(O)C(O)C1O)CC1C(C)(CCC(=O)OC)C(C(=C)C)CCC12C)C(C)C. The summed E-state index contributed by atoms with van der Waals surface area (Å²) in [6.45, 7) is 24.0. The van der Waals surface area contributed by atoms with Crippen LogP contribution in [0.2, 0.25) is 0 Å². The molecule has 0 spiro atoms. The Kier molecular flexibility index (Phi) is 10.8. The van der Waals surface area contributed by atoms with Crippen LogP contribution >= 0.6 is 0 Å². The summed E-state index contributed by atoms with van der Waals surface area (Å²) in [5, 5.41) is 43.8. The van der Waals surface area contributed by atoms with Crippen LogP contribution in [0.25, 0.3) is 0 Å². The Bertz CT molecular complexity index is 1100. The first kappa shape index (κ1) is 36.5. The second-order valence-corrected chi connectivity index (χ2v) is 16.4. The Morgan fingerprint density at radius 1 is 1.04 bits per heavy atom. The van der Waals surface area contributed by atoms with Gasteiger partial charge in [-0.25, -0.2) is 0 Å². The van der Waals surface area contributed by atoms with Gasteiger partial charge >= 0.3 is 5.97 Å². The monoisotopic (exact) mass is 634 g/mol. The van der Waals surface area contributed by atoms with Crippen LogP contribution < -0.4 is 0 Å². The molecule has 0 amide bonds. The average Bonchev–Trinajstić information content (AvgIpc) is 3.36. The van der Waals surface area contributed by atoms with E-state index in [4.69, 9.17) is 14.2 Å². The molecule has 1 aliphatic heterocycles. The van der Waals surface area contributed by atoms with Crippen molar-refractivity contribution in [3.63, 3.8) is 0 Å². The molecule has 8 heteroatoms. The van der Waals surface area contributed by atoms with Crippen LogP contribution in [0.5, 0.6) is 0 Å². The molecule has 45 heavy (non-hydrogen) atoms. The van der Waals surface area contributed by atoms with Crippen molar-refractivity contribution in [2.45, 2.75) is 143 Å². The molecule has 0 aromatic rings. The number of carbonyl (C=O) groups excluding carboxylic acids is 1. The number of ether oxygens (including phenoxy) is 3. The summed E-state index contributed by atoms with van der Waals surface area (Å²) < 4.78 is 17.7. The second-order valence-electron chi connectivity index (χ2n) is 16.4. The first-order valence-corrected chi connectivity index (χ1v) is 17.3. The van der Waals surface area contributed by atoms with Crippen molar-refractivity contribution in [2.24, 2.45) is 45.8 Å². The number of aliphatic hydroxyl groups excluding tert-OH is 3. The molecular weight excluding hydrogens is 572 g/mol. The maximum absolute atomic E-state index is 12.5. The lowest BCUT2D eigenvalue weighted by atomic mass is 9.37. The zero-order chi connectivity index (χ0) is 33.7. The normalized spacial score (nSPS) is 44.5. The van der Waals surface area contributed by atoms with Crippen molar-refractivity contribution in [3.05, 3.63) is 24.3 Å². The van der Waals surface area contributed by atoms with E-state index in [1.54, 1.807) is 0 Å². The van der Waals surface area contributed by atoms with Crippen molar-refractivity contribution >= 4 is 5.97 Å². The van der Waals surface area contributed by atoms with Gasteiger partial charge in [0.1, 0.15) is 18.3 Å². The van der Waals surface area contributed by atoms with Gasteiger partial charge in [0.2, 0.25) is 0 Å². The van der Waals surface area contributed by atoms with Gasteiger partial charge in [-0.1, -0.05) is 58.9 Å². The fourth-order valence-corrected chi connectivity index (χ4v) is 10.5. The van der Waals surface area contributed by atoms with Crippen molar-refractivity contribution in [1.82, 2.24) is 0 Å². The van der Waals surface area contributed by atoms with Crippen LogP contribution in [0.4, 0.5) is 0 Å². The molecule has 4 rings (SSSR count). The van der Waals surface area contributed by atoms with E-state index >= 15 is 0 Å². The molecule has 4 N–H and O–H groups in total. The van der Waals surface area contributed by atoms with Gasteiger partial charge in [0.25, 0.3) is 0 Å². The molecule has 258 valence electrons. The number of rotatable bonds is 11. The lowest BCUT2D eigenvalue weighted by Gasteiger charge is -2.68. The molecule has 1 saturated heterocycles. The van der Waals surface area contributed by atoms with E-state index in [2.05, 4.69) is 54.7 Å². The van der Waals surface area contributed by atoms with Crippen molar-refractivity contribution < 1.29 is 39.4 Å². The van der Waals surface area contributed by atoms with Crippen molar-refractivity contribution in [2.75, 3.05) is 13.7 Å². The topological polar surface area (TPSA) is 126 Å². The molecule has 4 aliphatic rings. The Labute approximate surface area is 271 Å². The third-order valence-electron chi connectivity index (χ3n) is 13.7. The number of esters is 1. The van der Waals surface area contributed by atoms with Crippen LogP contribution in [0.1, 0.15) is 106 Å². The predicted molar refractivity (Wildman–Crippen MR) is 174 cm³/mol. The molecule has 0 aromatic carbocycles. The number of hydrogen-bond donors (Lipinski definition) is 4. The predicted octanol–water partition coefficient (Wildman–Crippen LogP) is 5.56. The highest BCUT2D eigenvalue weighted by Crippen LogP contribution is 2.74. The molecule has 0 radical (unpaired) electrons. The van der Waals surface area contributed by atoms with E-state index in [0.29, 0.717) is 31.6 Å². The highest BCUT2D eigenvalue weighted by Gasteiger charge is 2.70. The molecule has 4 fully saturated rings. The van der Waals surface area contributed by atoms with E-state index in [9.17, 15) is 25.2 Å². The smallest absolute Gasteiger partial charge is 0.305 e. The van der Waals surface area contributed by atoms with Crippen LogP contribution in [-0.4, -0.2) is 76.4 Å². The average molecular weight is 635 g/mol. The Hall–Kier alpha value is -1.29. The van der Waals surface area contributed by atoms with Crippen LogP contribution in [-0.2, 0) is 19.0 Å². The van der Waals surface area contributed by atoms with Gasteiger partial charge in [-0.15, -0.1) is 0 Å². The summed E-state index contributed by atoms with van der Waals surface area (Å²) in [5.74, 6) is 0.406. The maximum atomic E-state index is 12.5. The van der Waals surface area contributed by atoms with Gasteiger partial charge in [-0.05, 0) is 111 Å². The molecule has 3 aliphatic carbocycles. The molecule has 8 nitrogen and oxygen atoms in total. The van der Waals surface area contributed by atoms with Crippen LogP contribution in [0.15, 0.2) is 24.3 Å². The van der Waals surface area contributed by atoms with E-state index in [1.165, 1.54) is 7.11 Å². The summed E-state index contributed by atoms with van der Waals surface area (Å²) >= 11 is 0. The van der Waals surface area contributed by atoms with E-state index < -0.39 is 30.2 Å². The third kappa shape index (κ3) is 6.46. The van der Waals surface area contributed by atoms with Gasteiger partial charge in [0.15, 0.2) is 6.29 Å². The standard InChI is InChI=1S/C37H62O8/c1-21(2)23(5)11-18-37(9,42)25-13-17-36(8)30(25)27(45-33-32(41)31(40)26(38)20-44-33)19-28-34(6,15-14-29(39)43-10)24(22(3)4)12-16-35(28,36)7/h21,24-28,30-33,38,40-42H,3,5,11-20H2,1-2,4,6-10H3. The molecule has 13 atom stereocenters. The van der Waals surface area contributed by atoms with Crippen LogP contribution in [0, 0.1) is 45.8 Å². The first-order chi connectivity index (χ1) is 20.8. The van der Waals surface area contributed by atoms with Gasteiger partial charge < -0.3 is 34.6 Å². The van der Waals surface area contributed by atoms with Gasteiger partial charge in [0.05, 0.1) is 25.4 Å². The minimum atomic E-state index is -1.40. The summed E-state index contributed by atoms with van der Waals surface area (Å²) in [7, 11) is 1.43. The number of fused-ring (bicyclic) bond motifs is 3. The summed E-state index contributed by atoms with van der Waals surface area (Å²) in [6, 6.07) is 0. The molecule has 1 heterocycles. The Morgan fingerprint density at radius 2 is 1.69 bits per heavy atom. The number of aliphatic hydroxyl groups is 4. The highest BCUT2D eigenvalue weighted by atomic mass is 16.7. The Balaban J connectivity index is 1.78. The van der Waals surface area contributed by atoms with Crippen molar-refractivity contribution in [3.8, 4) is 0 Å². The maximum Gasteiger partial charge on any atom is 0.305 e. The first-order valence-electron chi connectivity index (χ1n) is 17.3. The molecule has 0 aromatic heterocycles. The van der Waals surface area contributed by atoms with E-state index in [1.807, 2.05) is 6.92 Å². The zero-order valence-electron chi connectivity index (χ0n) is 29.2. The van der Waals surface area contributed by atoms with Crippen molar-refractivity contribution in [1.29, 1.82) is 0 Å². The zero-order valence-corrected chi connectivity index (χ0v) is 29.2. The minimum absolute atomic E-state index is 0.0351. The van der Waals surface area contributed by atoms with Gasteiger partial charge in [-0.3, -0.25) is 4.79 Å². The summed E-state index contributed by atoms with van der Waals surface area (Å²) in [4.78, 5) is 12.5. The quantitative estimate of drug-likeness (QED) is 0.132. The number of hydrogen-bond acceptors (Lipinski definition) is 8. The second kappa shape index (κ2) is 13.3. The minimum Gasteiger partial charge on any atom is -0.469 e. The largest absolute Gasteiger partial charge is 0.469 e. The molecule has 13 unspecified atom stereocenters. The highest BCUT2D eigenvalue weighted by molar-refractivity contribution is 5.69. The number of methoxy groups -OCH3 is 1. The lowest BCUT2D eigenvalue weighted by Crippen LogP contribution is -2.65. The fourth-order valence-electron chi connectivity index (χ4n) is 10.5. The van der Waals surface area contributed by atoms with E-state index in [-0.39, 0.29) is 58.6 Å². The van der Waals surface area contributed by atoms with E-state index in [0.717, 1.165) is 43.3 Å². The molecule has 3 saturated carbocycles. The summed E-state index contributed by atoms with van der Waals surface area (Å²) in [5.41, 5.74) is 0.702. The lowest BCUT2D eigenvalue weighted by molar-refractivity contribution is -0.312. The molecule has 0 bridgehead atoms. The number of allylic oxidation sites excluding steroid dienone is 2. The molecular formula is C37H62O8. The fraction of sp³-hybridized carbons (Fsp3) is 0.865. The summed E-state index contributed by atoms with van der Waals surface area (Å²) in [6.07, 6.45) is 1.32. The third-order valence-corrected chi connectivity index (χ3v) is 13.7. The van der Waals surface area contributed by atoms with Crippen LogP contribution in [0.3, 0.4) is 0 Å². The van der Waals surface area contributed by atoms with Gasteiger partial charge in [-0.2, -0.15) is 0 Å². The van der Waals surface area contributed by atoms with Gasteiger partial charge in [0, 0.05) is 6.42 Å².